The van der Waals surface area contributed by atoms with Crippen molar-refractivity contribution in [3.8, 4) is 0 Å². The first-order chi connectivity index (χ1) is 13.0. The second-order valence-electron chi connectivity index (χ2n) is 6.42. The topological polar surface area (TPSA) is 71.8 Å². The zero-order valence-corrected chi connectivity index (χ0v) is 16.5. The summed E-state index contributed by atoms with van der Waals surface area (Å²) in [6.45, 7) is 3.86. The molecule has 0 saturated heterocycles. The Hall–Kier alpha value is -2.93. The fourth-order valence-electron chi connectivity index (χ4n) is 3.24. The molecule has 0 radical (unpaired) electrons. The lowest BCUT2D eigenvalue weighted by molar-refractivity contribution is -0.113. The maximum Gasteiger partial charge on any atom is 0.255 e. The third-order valence-corrected chi connectivity index (χ3v) is 5.15. The van der Waals surface area contributed by atoms with Gasteiger partial charge in [-0.2, -0.15) is 10.1 Å². The molecule has 0 fully saturated rings. The number of carbonyl (C=O) groups excluding carboxylic acids is 1. The van der Waals surface area contributed by atoms with E-state index in [1.165, 1.54) is 6.33 Å². The van der Waals surface area contributed by atoms with Gasteiger partial charge in [0, 0.05) is 15.9 Å². The van der Waals surface area contributed by atoms with Gasteiger partial charge in [0.25, 0.3) is 5.91 Å². The second-order valence-corrected chi connectivity index (χ2v) is 7.33. The first kappa shape index (κ1) is 17.5. The van der Waals surface area contributed by atoms with E-state index in [9.17, 15) is 4.79 Å². The molecule has 1 atom stereocenters. The third kappa shape index (κ3) is 3.26. The number of carbonyl (C=O) groups is 1. The molecule has 1 amide bonds. The van der Waals surface area contributed by atoms with E-state index in [0.29, 0.717) is 11.5 Å². The first-order valence-corrected chi connectivity index (χ1v) is 9.33. The van der Waals surface area contributed by atoms with Crippen LogP contribution in [0, 0.1) is 6.92 Å². The van der Waals surface area contributed by atoms with Crippen LogP contribution in [0.15, 0.2) is 70.6 Å². The van der Waals surface area contributed by atoms with Crippen LogP contribution >= 0.6 is 15.9 Å². The highest BCUT2D eigenvalue weighted by atomic mass is 79.9. The zero-order valence-electron chi connectivity index (χ0n) is 14.9. The summed E-state index contributed by atoms with van der Waals surface area (Å²) in [4.78, 5) is 17.5. The van der Waals surface area contributed by atoms with Crippen molar-refractivity contribution in [1.29, 1.82) is 0 Å². The Morgan fingerprint density at radius 2 is 1.89 bits per heavy atom. The molecule has 0 spiro atoms. The molecule has 6 nitrogen and oxygen atoms in total. The minimum atomic E-state index is -0.360. The van der Waals surface area contributed by atoms with E-state index in [2.05, 4.69) is 36.6 Å². The van der Waals surface area contributed by atoms with E-state index in [0.717, 1.165) is 27.0 Å². The number of anilines is 2. The van der Waals surface area contributed by atoms with Crippen molar-refractivity contribution in [3.63, 3.8) is 0 Å². The van der Waals surface area contributed by atoms with Gasteiger partial charge in [0.2, 0.25) is 5.95 Å². The van der Waals surface area contributed by atoms with Crippen molar-refractivity contribution in [1.82, 2.24) is 14.8 Å². The van der Waals surface area contributed by atoms with Crippen molar-refractivity contribution in [3.05, 3.63) is 81.7 Å². The Bertz CT molecular complexity index is 1040. The quantitative estimate of drug-likeness (QED) is 0.659. The lowest BCUT2D eigenvalue weighted by Crippen LogP contribution is -2.31. The molecular weight excluding hydrogens is 406 g/mol. The number of allylic oxidation sites excluding steroid dienone is 1. The molecular formula is C20H18BrN5O. The Balaban J connectivity index is 1.77. The number of aryl methyl sites for hydroxylation is 1. The highest BCUT2D eigenvalue weighted by Crippen LogP contribution is 2.35. The minimum absolute atomic E-state index is 0.164. The SMILES string of the molecule is CC1=C(C(=O)Nc2ccccc2C)[C@H](c2ccc(Br)cc2)n2ncnc2N1. The van der Waals surface area contributed by atoms with Gasteiger partial charge in [-0.1, -0.05) is 46.3 Å². The van der Waals surface area contributed by atoms with Crippen LogP contribution in [0.4, 0.5) is 11.6 Å². The summed E-state index contributed by atoms with van der Waals surface area (Å²) in [6, 6.07) is 15.3. The van der Waals surface area contributed by atoms with E-state index in [1.807, 2.05) is 62.4 Å². The molecule has 0 aliphatic carbocycles. The average Bonchev–Trinajstić information content (AvgIpc) is 3.11. The van der Waals surface area contributed by atoms with Crippen LogP contribution in [0.5, 0.6) is 0 Å². The molecule has 0 saturated carbocycles. The maximum atomic E-state index is 13.2. The van der Waals surface area contributed by atoms with Crippen molar-refractivity contribution in [2.45, 2.75) is 19.9 Å². The molecule has 3 aromatic rings. The maximum absolute atomic E-state index is 13.2. The Morgan fingerprint density at radius 1 is 1.15 bits per heavy atom. The van der Waals surface area contributed by atoms with E-state index in [4.69, 9.17) is 0 Å². The number of fused-ring (bicyclic) bond motifs is 1. The average molecular weight is 424 g/mol. The molecule has 4 rings (SSSR count). The van der Waals surface area contributed by atoms with Crippen LogP contribution in [-0.2, 0) is 4.79 Å². The van der Waals surface area contributed by atoms with Gasteiger partial charge in [-0.3, -0.25) is 4.79 Å². The summed E-state index contributed by atoms with van der Waals surface area (Å²) in [7, 11) is 0. The predicted molar refractivity (Wildman–Crippen MR) is 108 cm³/mol. The van der Waals surface area contributed by atoms with Gasteiger partial charge >= 0.3 is 0 Å². The fourth-order valence-corrected chi connectivity index (χ4v) is 3.51. The molecule has 2 heterocycles. The van der Waals surface area contributed by atoms with Crippen LogP contribution in [-0.4, -0.2) is 20.7 Å². The van der Waals surface area contributed by atoms with Crippen LogP contribution in [0.3, 0.4) is 0 Å². The van der Waals surface area contributed by atoms with Crippen molar-refractivity contribution in [2.24, 2.45) is 0 Å². The summed E-state index contributed by atoms with van der Waals surface area (Å²) in [5.74, 6) is 0.455. The van der Waals surface area contributed by atoms with Crippen molar-refractivity contribution < 1.29 is 4.79 Å². The minimum Gasteiger partial charge on any atom is -0.328 e. The van der Waals surface area contributed by atoms with Gasteiger partial charge < -0.3 is 10.6 Å². The molecule has 136 valence electrons. The normalized spacial score (nSPS) is 15.9. The Labute approximate surface area is 165 Å². The van der Waals surface area contributed by atoms with Crippen LogP contribution in [0.25, 0.3) is 0 Å². The predicted octanol–water partition coefficient (Wildman–Crippen LogP) is 4.28. The monoisotopic (exact) mass is 423 g/mol. The van der Waals surface area contributed by atoms with E-state index in [-0.39, 0.29) is 11.9 Å². The molecule has 1 aliphatic heterocycles. The van der Waals surface area contributed by atoms with Crippen LogP contribution in [0.1, 0.15) is 24.1 Å². The number of amides is 1. The van der Waals surface area contributed by atoms with Crippen LogP contribution in [0.2, 0.25) is 0 Å². The highest BCUT2D eigenvalue weighted by molar-refractivity contribution is 9.10. The smallest absolute Gasteiger partial charge is 0.255 e. The summed E-state index contributed by atoms with van der Waals surface area (Å²) in [5, 5.41) is 10.6. The van der Waals surface area contributed by atoms with Gasteiger partial charge in [-0.15, -0.1) is 0 Å². The summed E-state index contributed by atoms with van der Waals surface area (Å²) in [5.41, 5.74) is 4.13. The highest BCUT2D eigenvalue weighted by Gasteiger charge is 2.33. The van der Waals surface area contributed by atoms with E-state index >= 15 is 0 Å². The van der Waals surface area contributed by atoms with Gasteiger partial charge in [-0.05, 0) is 43.2 Å². The fraction of sp³-hybridized carbons (Fsp3) is 0.150. The lowest BCUT2D eigenvalue weighted by Gasteiger charge is -2.29. The van der Waals surface area contributed by atoms with Crippen molar-refractivity contribution >= 4 is 33.5 Å². The molecule has 2 N–H and O–H groups in total. The molecule has 0 unspecified atom stereocenters. The van der Waals surface area contributed by atoms with Gasteiger partial charge in [0.1, 0.15) is 12.4 Å². The number of nitrogens with zero attached hydrogens (tertiary/aromatic N) is 3. The first-order valence-electron chi connectivity index (χ1n) is 8.54. The number of benzene rings is 2. The molecule has 7 heteroatoms. The standard InChI is InChI=1S/C20H18BrN5O/c1-12-5-3-4-6-16(12)25-19(27)17-13(2)24-20-22-11-23-26(20)18(17)14-7-9-15(21)10-8-14/h3-11,18H,1-2H3,(H,25,27)(H,22,23,24)/t18-/m0/s1. The van der Waals surface area contributed by atoms with E-state index < -0.39 is 0 Å². The molecule has 2 aromatic carbocycles. The largest absolute Gasteiger partial charge is 0.328 e. The summed E-state index contributed by atoms with van der Waals surface area (Å²) in [6.07, 6.45) is 1.49. The number of rotatable bonds is 3. The number of nitrogens with one attached hydrogen (secondary N) is 2. The lowest BCUT2D eigenvalue weighted by atomic mass is 9.95. The number of hydrogen-bond acceptors (Lipinski definition) is 4. The number of para-hydroxylation sites is 1. The second kappa shape index (κ2) is 7.00. The Morgan fingerprint density at radius 3 is 2.63 bits per heavy atom. The van der Waals surface area contributed by atoms with Crippen molar-refractivity contribution in [2.75, 3.05) is 10.6 Å². The van der Waals surface area contributed by atoms with E-state index in [1.54, 1.807) is 4.68 Å². The summed E-state index contributed by atoms with van der Waals surface area (Å²) < 4.78 is 2.72. The van der Waals surface area contributed by atoms with Gasteiger partial charge in [0.15, 0.2) is 0 Å². The van der Waals surface area contributed by atoms with Crippen LogP contribution < -0.4 is 10.6 Å². The summed E-state index contributed by atoms with van der Waals surface area (Å²) >= 11 is 3.46. The number of halogens is 1. The number of hydrogen-bond donors (Lipinski definition) is 2. The Kier molecular flexibility index (Phi) is 4.53. The molecule has 1 aromatic heterocycles. The molecule has 27 heavy (non-hydrogen) atoms. The van der Waals surface area contributed by atoms with Gasteiger partial charge in [-0.25, -0.2) is 4.68 Å². The molecule has 1 aliphatic rings. The van der Waals surface area contributed by atoms with Gasteiger partial charge in [0.05, 0.1) is 5.57 Å². The third-order valence-electron chi connectivity index (χ3n) is 4.62. The zero-order chi connectivity index (χ0) is 19.0. The molecule has 0 bridgehead atoms. The number of aromatic nitrogens is 3.